The minimum Gasteiger partial charge on any atom is -0.329 e. The van der Waals surface area contributed by atoms with Gasteiger partial charge < -0.3 is 10.6 Å². The summed E-state index contributed by atoms with van der Waals surface area (Å²) in [5.74, 6) is 0. The molecule has 0 bridgehead atoms. The van der Waals surface area contributed by atoms with E-state index >= 15 is 0 Å². The number of aryl methyl sites for hydroxylation is 1. The molecule has 1 aliphatic rings. The van der Waals surface area contributed by atoms with Crippen molar-refractivity contribution in [2.75, 3.05) is 34.2 Å². The van der Waals surface area contributed by atoms with E-state index in [1.807, 2.05) is 10.9 Å². The lowest BCUT2D eigenvalue weighted by Gasteiger charge is -2.50. The van der Waals surface area contributed by atoms with Gasteiger partial charge in [-0.15, -0.1) is 0 Å². The van der Waals surface area contributed by atoms with Gasteiger partial charge >= 0.3 is 0 Å². The maximum Gasteiger partial charge on any atom is 0.0538 e. The number of aromatic nitrogens is 2. The van der Waals surface area contributed by atoms with Crippen LogP contribution in [0.5, 0.6) is 0 Å². The molecule has 1 unspecified atom stereocenters. The summed E-state index contributed by atoms with van der Waals surface area (Å²) in [6.07, 6.45) is 9.16. The Morgan fingerprint density at radius 3 is 2.57 bits per heavy atom. The van der Waals surface area contributed by atoms with Crippen molar-refractivity contribution in [2.24, 2.45) is 5.73 Å². The second-order valence-electron chi connectivity index (χ2n) is 6.68. The molecule has 0 amide bonds. The number of nitrogens with two attached hydrogens (primary N) is 1. The third kappa shape index (κ3) is 3.47. The first kappa shape index (κ1) is 16.5. The Morgan fingerprint density at radius 2 is 2.10 bits per heavy atom. The molecule has 0 radical (unpaired) electrons. The van der Waals surface area contributed by atoms with E-state index in [4.69, 9.17) is 5.73 Å². The summed E-state index contributed by atoms with van der Waals surface area (Å²) < 4.78 is 2.02. The van der Waals surface area contributed by atoms with Crippen LogP contribution in [0.4, 0.5) is 0 Å². The van der Waals surface area contributed by atoms with Gasteiger partial charge in [0.1, 0.15) is 0 Å². The molecule has 1 heterocycles. The van der Waals surface area contributed by atoms with Crippen LogP contribution in [-0.2, 0) is 6.54 Å². The largest absolute Gasteiger partial charge is 0.329 e. The number of rotatable bonds is 8. The lowest BCUT2D eigenvalue weighted by molar-refractivity contribution is 0.0168. The molecule has 1 aromatic heterocycles. The molecule has 5 heteroatoms. The van der Waals surface area contributed by atoms with Gasteiger partial charge in [0.05, 0.1) is 6.20 Å². The highest BCUT2D eigenvalue weighted by Crippen LogP contribution is 2.37. The zero-order valence-electron chi connectivity index (χ0n) is 14.0. The van der Waals surface area contributed by atoms with E-state index in [0.717, 1.165) is 19.5 Å². The summed E-state index contributed by atoms with van der Waals surface area (Å²) in [5.41, 5.74) is 7.62. The minimum absolute atomic E-state index is 0.257. The van der Waals surface area contributed by atoms with Gasteiger partial charge in [0.25, 0.3) is 0 Å². The summed E-state index contributed by atoms with van der Waals surface area (Å²) in [4.78, 5) is 4.80. The second-order valence-corrected chi connectivity index (χ2v) is 6.68. The molecule has 0 saturated heterocycles. The molecular weight excluding hydrogens is 262 g/mol. The van der Waals surface area contributed by atoms with Crippen LogP contribution >= 0.6 is 0 Å². The van der Waals surface area contributed by atoms with Crippen LogP contribution in [-0.4, -0.2) is 59.4 Å². The maximum absolute atomic E-state index is 6.05. The van der Waals surface area contributed by atoms with E-state index < -0.39 is 0 Å². The summed E-state index contributed by atoms with van der Waals surface area (Å²) in [5, 5.41) is 4.45. The van der Waals surface area contributed by atoms with Crippen LogP contribution < -0.4 is 5.73 Å². The van der Waals surface area contributed by atoms with Crippen molar-refractivity contribution < 1.29 is 0 Å². The van der Waals surface area contributed by atoms with E-state index in [1.54, 1.807) is 0 Å². The fourth-order valence-corrected chi connectivity index (χ4v) is 3.38. The Kier molecular flexibility index (Phi) is 5.41. The molecule has 0 aromatic carbocycles. The van der Waals surface area contributed by atoms with Crippen LogP contribution in [0.3, 0.4) is 0 Å². The highest BCUT2D eigenvalue weighted by molar-refractivity contribution is 5.12. The van der Waals surface area contributed by atoms with E-state index in [9.17, 15) is 0 Å². The molecule has 2 N–H and O–H groups in total. The van der Waals surface area contributed by atoms with Crippen molar-refractivity contribution in [1.82, 2.24) is 19.6 Å². The molecule has 1 fully saturated rings. The SMILES string of the molecule is CCCn1cc(C(CN)N(C)CC2(N(C)C)CCC2)cn1. The second kappa shape index (κ2) is 6.90. The molecule has 1 aliphatic carbocycles. The number of hydrogen-bond acceptors (Lipinski definition) is 4. The molecular formula is C16H31N5. The normalized spacial score (nSPS) is 19.0. The summed E-state index contributed by atoms with van der Waals surface area (Å²) in [6, 6.07) is 0.257. The van der Waals surface area contributed by atoms with Gasteiger partial charge in [-0.1, -0.05) is 6.92 Å². The topological polar surface area (TPSA) is 50.3 Å². The minimum atomic E-state index is 0.257. The highest BCUT2D eigenvalue weighted by Gasteiger charge is 2.40. The summed E-state index contributed by atoms with van der Waals surface area (Å²) >= 11 is 0. The Labute approximate surface area is 129 Å². The van der Waals surface area contributed by atoms with Gasteiger partial charge in [-0.3, -0.25) is 9.58 Å². The van der Waals surface area contributed by atoms with E-state index in [-0.39, 0.29) is 6.04 Å². The summed E-state index contributed by atoms with van der Waals surface area (Å²) in [7, 11) is 6.59. The van der Waals surface area contributed by atoms with Crippen molar-refractivity contribution in [3.8, 4) is 0 Å². The Balaban J connectivity index is 2.05. The third-order valence-corrected chi connectivity index (χ3v) is 5.02. The average molecular weight is 293 g/mol. The number of hydrogen-bond donors (Lipinski definition) is 1. The van der Waals surface area contributed by atoms with E-state index in [2.05, 4.69) is 49.2 Å². The van der Waals surface area contributed by atoms with Gasteiger partial charge in [-0.25, -0.2) is 0 Å². The van der Waals surface area contributed by atoms with Crippen molar-refractivity contribution in [3.63, 3.8) is 0 Å². The quantitative estimate of drug-likeness (QED) is 0.793. The smallest absolute Gasteiger partial charge is 0.0538 e. The molecule has 0 aliphatic heterocycles. The molecule has 0 spiro atoms. The lowest BCUT2D eigenvalue weighted by Crippen LogP contribution is -2.57. The van der Waals surface area contributed by atoms with Crippen molar-refractivity contribution in [2.45, 2.75) is 50.7 Å². The Hall–Kier alpha value is -0.910. The predicted molar refractivity (Wildman–Crippen MR) is 87.2 cm³/mol. The molecule has 2 rings (SSSR count). The van der Waals surface area contributed by atoms with Crippen LogP contribution in [0.15, 0.2) is 12.4 Å². The highest BCUT2D eigenvalue weighted by atomic mass is 15.3. The molecule has 120 valence electrons. The van der Waals surface area contributed by atoms with Crippen molar-refractivity contribution in [1.29, 1.82) is 0 Å². The zero-order valence-corrected chi connectivity index (χ0v) is 14.0. The third-order valence-electron chi connectivity index (χ3n) is 5.02. The monoisotopic (exact) mass is 293 g/mol. The van der Waals surface area contributed by atoms with E-state index in [1.165, 1.54) is 24.8 Å². The van der Waals surface area contributed by atoms with E-state index in [0.29, 0.717) is 12.1 Å². The maximum atomic E-state index is 6.05. The fourth-order valence-electron chi connectivity index (χ4n) is 3.38. The van der Waals surface area contributed by atoms with Crippen LogP contribution in [0.25, 0.3) is 0 Å². The van der Waals surface area contributed by atoms with Gasteiger partial charge in [0.15, 0.2) is 0 Å². The van der Waals surface area contributed by atoms with Gasteiger partial charge in [0, 0.05) is 43.0 Å². The first-order valence-electron chi connectivity index (χ1n) is 8.12. The standard InChI is InChI=1S/C16H31N5/c1-5-9-21-12-14(11-18-21)15(10-17)20(4)13-16(19(2)3)7-6-8-16/h11-12,15H,5-10,13,17H2,1-4H3. The number of likely N-dealkylation sites (N-methyl/N-ethyl adjacent to an activating group) is 2. The zero-order chi connectivity index (χ0) is 15.5. The molecule has 1 aromatic rings. The fraction of sp³-hybridized carbons (Fsp3) is 0.812. The first-order chi connectivity index (χ1) is 10.0. The van der Waals surface area contributed by atoms with Crippen LogP contribution in [0, 0.1) is 0 Å². The van der Waals surface area contributed by atoms with Gasteiger partial charge in [0.2, 0.25) is 0 Å². The van der Waals surface area contributed by atoms with Crippen molar-refractivity contribution >= 4 is 0 Å². The first-order valence-corrected chi connectivity index (χ1v) is 8.12. The number of nitrogens with zero attached hydrogens (tertiary/aromatic N) is 4. The summed E-state index contributed by atoms with van der Waals surface area (Å²) in [6.45, 7) is 4.85. The van der Waals surface area contributed by atoms with Gasteiger partial charge in [-0.2, -0.15) is 5.10 Å². The molecule has 1 atom stereocenters. The molecule has 21 heavy (non-hydrogen) atoms. The Bertz CT molecular complexity index is 436. The van der Waals surface area contributed by atoms with Crippen LogP contribution in [0.1, 0.15) is 44.2 Å². The molecule has 5 nitrogen and oxygen atoms in total. The predicted octanol–water partition coefficient (Wildman–Crippen LogP) is 1.71. The van der Waals surface area contributed by atoms with Gasteiger partial charge in [-0.05, 0) is 46.8 Å². The Morgan fingerprint density at radius 1 is 1.38 bits per heavy atom. The lowest BCUT2D eigenvalue weighted by atomic mass is 9.75. The van der Waals surface area contributed by atoms with Crippen molar-refractivity contribution in [3.05, 3.63) is 18.0 Å². The average Bonchev–Trinajstić information content (AvgIpc) is 2.83. The van der Waals surface area contributed by atoms with Crippen LogP contribution in [0.2, 0.25) is 0 Å². The molecule has 1 saturated carbocycles.